The first-order chi connectivity index (χ1) is 9.94. The van der Waals surface area contributed by atoms with Gasteiger partial charge in [0.2, 0.25) is 0 Å². The number of hydrogen-bond donors (Lipinski definition) is 3. The van der Waals surface area contributed by atoms with Crippen LogP contribution in [0.15, 0.2) is 0 Å². The number of hydrogen-bond acceptors (Lipinski definition) is 4. The lowest BCUT2D eigenvalue weighted by atomic mass is 9.90. The molecule has 0 bridgehead atoms. The standard InChI is InChI=1S/C14H25N3O4/c1-10-4-3-5-11(2)17(10)16-13(20)15-14(12(18)19)6-8-21-9-7-14/h10-11H,3-9H2,1-2H3,(H,18,19)(H2,15,16,20). The lowest BCUT2D eigenvalue weighted by Crippen LogP contribution is -2.63. The van der Waals surface area contributed by atoms with E-state index in [1.165, 1.54) is 0 Å². The summed E-state index contributed by atoms with van der Waals surface area (Å²) in [7, 11) is 0. The Morgan fingerprint density at radius 2 is 1.76 bits per heavy atom. The average Bonchev–Trinajstić information content (AvgIpc) is 2.44. The van der Waals surface area contributed by atoms with Crippen LogP contribution in [-0.2, 0) is 9.53 Å². The number of hydrazine groups is 1. The van der Waals surface area contributed by atoms with Crippen molar-refractivity contribution in [1.29, 1.82) is 0 Å². The maximum atomic E-state index is 12.2. The lowest BCUT2D eigenvalue weighted by Gasteiger charge is -2.40. The van der Waals surface area contributed by atoms with Gasteiger partial charge in [-0.25, -0.2) is 14.6 Å². The fourth-order valence-corrected chi connectivity index (χ4v) is 3.12. The zero-order valence-electron chi connectivity index (χ0n) is 12.7. The molecule has 0 aliphatic carbocycles. The van der Waals surface area contributed by atoms with Gasteiger partial charge in [-0.2, -0.15) is 0 Å². The third-order valence-electron chi connectivity index (χ3n) is 4.53. The number of carbonyl (C=O) groups is 2. The second-order valence-corrected chi connectivity index (χ2v) is 6.10. The third-order valence-corrected chi connectivity index (χ3v) is 4.53. The summed E-state index contributed by atoms with van der Waals surface area (Å²) in [5.41, 5.74) is 1.61. The number of amides is 2. The molecule has 3 N–H and O–H groups in total. The molecule has 2 fully saturated rings. The normalized spacial score (nSPS) is 29.6. The summed E-state index contributed by atoms with van der Waals surface area (Å²) >= 11 is 0. The Labute approximate surface area is 125 Å². The van der Waals surface area contributed by atoms with Crippen molar-refractivity contribution in [1.82, 2.24) is 15.8 Å². The van der Waals surface area contributed by atoms with E-state index in [4.69, 9.17) is 4.74 Å². The number of nitrogens with zero attached hydrogens (tertiary/aromatic N) is 1. The topological polar surface area (TPSA) is 90.9 Å². The van der Waals surface area contributed by atoms with Crippen molar-refractivity contribution in [3.8, 4) is 0 Å². The van der Waals surface area contributed by atoms with E-state index >= 15 is 0 Å². The van der Waals surface area contributed by atoms with Crippen molar-refractivity contribution in [2.24, 2.45) is 0 Å². The number of rotatable bonds is 3. The summed E-state index contributed by atoms with van der Waals surface area (Å²) in [5.74, 6) is -0.999. The highest BCUT2D eigenvalue weighted by atomic mass is 16.5. The molecule has 2 heterocycles. The number of nitrogens with one attached hydrogen (secondary N) is 2. The first-order valence-corrected chi connectivity index (χ1v) is 7.63. The maximum absolute atomic E-state index is 12.2. The van der Waals surface area contributed by atoms with E-state index in [1.807, 2.05) is 5.01 Å². The molecule has 2 rings (SSSR count). The molecule has 2 saturated heterocycles. The summed E-state index contributed by atoms with van der Waals surface area (Å²) in [6.07, 6.45) is 3.80. The molecule has 2 atom stereocenters. The fourth-order valence-electron chi connectivity index (χ4n) is 3.12. The van der Waals surface area contributed by atoms with E-state index in [2.05, 4.69) is 24.6 Å². The van der Waals surface area contributed by atoms with E-state index < -0.39 is 17.5 Å². The number of aliphatic carboxylic acids is 1. The molecule has 0 aromatic heterocycles. The largest absolute Gasteiger partial charge is 0.480 e. The summed E-state index contributed by atoms with van der Waals surface area (Å²) in [5, 5.41) is 14.0. The van der Waals surface area contributed by atoms with Crippen LogP contribution in [0, 0.1) is 0 Å². The van der Waals surface area contributed by atoms with E-state index in [-0.39, 0.29) is 12.1 Å². The number of carboxylic acid groups (broad SMARTS) is 1. The molecule has 0 spiro atoms. The van der Waals surface area contributed by atoms with Crippen molar-refractivity contribution < 1.29 is 19.4 Å². The summed E-state index contributed by atoms with van der Waals surface area (Å²) in [4.78, 5) is 23.7. The molecule has 7 heteroatoms. The number of carboxylic acids is 1. The Balaban J connectivity index is 1.97. The van der Waals surface area contributed by atoms with E-state index in [1.54, 1.807) is 0 Å². The molecule has 2 unspecified atom stereocenters. The van der Waals surface area contributed by atoms with Gasteiger partial charge in [0.15, 0.2) is 0 Å². The highest BCUT2D eigenvalue weighted by Gasteiger charge is 2.42. The Bertz CT molecular complexity index is 386. The molecule has 0 radical (unpaired) electrons. The van der Waals surface area contributed by atoms with Gasteiger partial charge in [0, 0.05) is 38.1 Å². The Kier molecular flexibility index (Phi) is 5.05. The van der Waals surface area contributed by atoms with Crippen molar-refractivity contribution in [3.05, 3.63) is 0 Å². The molecule has 0 aromatic rings. The Morgan fingerprint density at radius 1 is 1.19 bits per heavy atom. The molecule has 0 saturated carbocycles. The predicted octanol–water partition coefficient (Wildman–Crippen LogP) is 1.10. The molecule has 2 aliphatic heterocycles. The first-order valence-electron chi connectivity index (χ1n) is 7.63. The minimum absolute atomic E-state index is 0.259. The highest BCUT2D eigenvalue weighted by Crippen LogP contribution is 2.22. The van der Waals surface area contributed by atoms with Crippen LogP contribution in [-0.4, -0.2) is 53.0 Å². The van der Waals surface area contributed by atoms with Gasteiger partial charge in [0.05, 0.1) is 0 Å². The molecule has 2 amide bonds. The van der Waals surface area contributed by atoms with E-state index in [0.29, 0.717) is 26.1 Å². The molecule has 0 aromatic carbocycles. The van der Waals surface area contributed by atoms with Crippen LogP contribution in [0.4, 0.5) is 4.79 Å². The second-order valence-electron chi connectivity index (χ2n) is 6.10. The van der Waals surface area contributed by atoms with Crippen LogP contribution in [0.3, 0.4) is 0 Å². The zero-order valence-corrected chi connectivity index (χ0v) is 12.7. The van der Waals surface area contributed by atoms with Crippen LogP contribution in [0.25, 0.3) is 0 Å². The predicted molar refractivity (Wildman–Crippen MR) is 76.7 cm³/mol. The lowest BCUT2D eigenvalue weighted by molar-refractivity contribution is -0.148. The molecule has 2 aliphatic rings. The zero-order chi connectivity index (χ0) is 15.5. The van der Waals surface area contributed by atoms with Gasteiger partial charge in [-0.1, -0.05) is 6.42 Å². The van der Waals surface area contributed by atoms with E-state index in [9.17, 15) is 14.7 Å². The van der Waals surface area contributed by atoms with Crippen molar-refractivity contribution in [2.45, 2.75) is 63.6 Å². The fraction of sp³-hybridized carbons (Fsp3) is 0.857. The van der Waals surface area contributed by atoms with Gasteiger partial charge in [-0.3, -0.25) is 5.43 Å². The second kappa shape index (κ2) is 6.62. The molecule has 120 valence electrons. The van der Waals surface area contributed by atoms with Gasteiger partial charge in [0.1, 0.15) is 5.54 Å². The first kappa shape index (κ1) is 16.0. The van der Waals surface area contributed by atoms with Crippen LogP contribution >= 0.6 is 0 Å². The highest BCUT2D eigenvalue weighted by molar-refractivity contribution is 5.86. The molecule has 7 nitrogen and oxygen atoms in total. The average molecular weight is 299 g/mol. The quantitative estimate of drug-likeness (QED) is 0.726. The summed E-state index contributed by atoms with van der Waals surface area (Å²) in [6, 6.07) is 0.0739. The number of ether oxygens (including phenoxy) is 1. The number of urea groups is 1. The summed E-state index contributed by atoms with van der Waals surface area (Å²) in [6.45, 7) is 4.83. The molecular weight excluding hydrogens is 274 g/mol. The minimum atomic E-state index is -1.22. The maximum Gasteiger partial charge on any atom is 0.330 e. The van der Waals surface area contributed by atoms with Crippen molar-refractivity contribution in [2.75, 3.05) is 13.2 Å². The third kappa shape index (κ3) is 3.65. The summed E-state index contributed by atoms with van der Waals surface area (Å²) < 4.78 is 5.20. The van der Waals surface area contributed by atoms with Gasteiger partial charge in [-0.05, 0) is 26.7 Å². The van der Waals surface area contributed by atoms with Gasteiger partial charge in [0.25, 0.3) is 0 Å². The Morgan fingerprint density at radius 3 is 2.29 bits per heavy atom. The molecular formula is C14H25N3O4. The van der Waals surface area contributed by atoms with Crippen LogP contribution < -0.4 is 10.7 Å². The smallest absolute Gasteiger partial charge is 0.330 e. The monoisotopic (exact) mass is 299 g/mol. The van der Waals surface area contributed by atoms with Crippen LogP contribution in [0.5, 0.6) is 0 Å². The molecule has 21 heavy (non-hydrogen) atoms. The van der Waals surface area contributed by atoms with E-state index in [0.717, 1.165) is 19.3 Å². The van der Waals surface area contributed by atoms with Crippen LogP contribution in [0.2, 0.25) is 0 Å². The van der Waals surface area contributed by atoms with Crippen LogP contribution in [0.1, 0.15) is 46.0 Å². The number of carbonyl (C=O) groups excluding carboxylic acids is 1. The van der Waals surface area contributed by atoms with Crippen molar-refractivity contribution >= 4 is 12.0 Å². The minimum Gasteiger partial charge on any atom is -0.480 e. The Hall–Kier alpha value is -1.34. The van der Waals surface area contributed by atoms with Gasteiger partial charge in [-0.15, -0.1) is 0 Å². The van der Waals surface area contributed by atoms with Gasteiger partial charge >= 0.3 is 12.0 Å². The number of piperidine rings is 1. The van der Waals surface area contributed by atoms with Gasteiger partial charge < -0.3 is 15.2 Å². The van der Waals surface area contributed by atoms with Crippen molar-refractivity contribution in [3.63, 3.8) is 0 Å². The SMILES string of the molecule is CC1CCCC(C)N1NC(=O)NC1(C(=O)O)CCOCC1.